The molecule has 0 rings (SSSR count). The minimum atomic E-state index is -0.774. The Morgan fingerprint density at radius 2 is 0.607 bits per heavy atom. The van der Waals surface area contributed by atoms with Crippen molar-refractivity contribution >= 4 is 17.9 Å². The van der Waals surface area contributed by atoms with E-state index in [1.54, 1.807) is 0 Å². The van der Waals surface area contributed by atoms with Gasteiger partial charge in [0, 0.05) is 19.3 Å². The number of allylic oxidation sites excluding steroid dienone is 6. The van der Waals surface area contributed by atoms with Crippen molar-refractivity contribution < 1.29 is 28.6 Å². The molecule has 6 heteroatoms. The Bertz CT molecular complexity index is 1030. The van der Waals surface area contributed by atoms with Gasteiger partial charge in [-0.2, -0.15) is 0 Å². The van der Waals surface area contributed by atoms with Crippen molar-refractivity contribution in [3.05, 3.63) is 36.5 Å². The molecule has 0 unspecified atom stereocenters. The molecule has 356 valence electrons. The second-order valence-corrected chi connectivity index (χ2v) is 17.8. The minimum Gasteiger partial charge on any atom is -0.462 e. The van der Waals surface area contributed by atoms with Crippen LogP contribution in [0.5, 0.6) is 0 Å². The number of unbranched alkanes of at least 4 members (excludes halogenated alkanes) is 31. The van der Waals surface area contributed by atoms with Gasteiger partial charge in [-0.3, -0.25) is 14.4 Å². The third-order valence-electron chi connectivity index (χ3n) is 11.6. The lowest BCUT2D eigenvalue weighted by Gasteiger charge is -2.18. The predicted molar refractivity (Wildman–Crippen MR) is 261 cm³/mol. The number of ether oxygens (including phenoxy) is 3. The maximum absolute atomic E-state index is 12.8. The van der Waals surface area contributed by atoms with E-state index < -0.39 is 6.10 Å². The van der Waals surface area contributed by atoms with Gasteiger partial charge in [-0.05, 0) is 70.6 Å². The number of rotatable bonds is 48. The van der Waals surface area contributed by atoms with Crippen molar-refractivity contribution in [1.82, 2.24) is 0 Å². The molecular formula is C55H100O6. The van der Waals surface area contributed by atoms with E-state index in [1.807, 2.05) is 0 Å². The third kappa shape index (κ3) is 48.5. The van der Waals surface area contributed by atoms with Crippen molar-refractivity contribution in [2.24, 2.45) is 0 Å². The molecule has 0 aromatic rings. The number of hydrogen-bond donors (Lipinski definition) is 0. The Balaban J connectivity index is 4.34. The zero-order chi connectivity index (χ0) is 44.4. The van der Waals surface area contributed by atoms with Crippen LogP contribution in [0.1, 0.15) is 278 Å². The van der Waals surface area contributed by atoms with Crippen LogP contribution in [0.25, 0.3) is 0 Å². The van der Waals surface area contributed by atoms with E-state index in [2.05, 4.69) is 57.2 Å². The highest BCUT2D eigenvalue weighted by Gasteiger charge is 2.19. The van der Waals surface area contributed by atoms with Gasteiger partial charge in [-0.1, -0.05) is 224 Å². The summed E-state index contributed by atoms with van der Waals surface area (Å²) in [7, 11) is 0. The summed E-state index contributed by atoms with van der Waals surface area (Å²) in [6.45, 7) is 6.59. The molecular weight excluding hydrogens is 757 g/mol. The first-order chi connectivity index (χ1) is 30.0. The summed E-state index contributed by atoms with van der Waals surface area (Å²) >= 11 is 0. The molecule has 0 amide bonds. The van der Waals surface area contributed by atoms with E-state index in [1.165, 1.54) is 161 Å². The summed E-state index contributed by atoms with van der Waals surface area (Å²) in [5, 5.41) is 0. The molecule has 61 heavy (non-hydrogen) atoms. The van der Waals surface area contributed by atoms with Crippen LogP contribution >= 0.6 is 0 Å². The Labute approximate surface area is 378 Å². The van der Waals surface area contributed by atoms with E-state index in [4.69, 9.17) is 14.2 Å². The monoisotopic (exact) mass is 857 g/mol. The van der Waals surface area contributed by atoms with Crippen LogP contribution in [0.2, 0.25) is 0 Å². The number of esters is 3. The normalized spacial score (nSPS) is 12.2. The summed E-state index contributed by atoms with van der Waals surface area (Å²) in [6.07, 6.45) is 58.4. The minimum absolute atomic E-state index is 0.0761. The fourth-order valence-corrected chi connectivity index (χ4v) is 7.57. The van der Waals surface area contributed by atoms with E-state index >= 15 is 0 Å². The lowest BCUT2D eigenvalue weighted by molar-refractivity contribution is -0.167. The van der Waals surface area contributed by atoms with Gasteiger partial charge in [-0.25, -0.2) is 0 Å². The lowest BCUT2D eigenvalue weighted by Crippen LogP contribution is -2.30. The Morgan fingerprint density at radius 1 is 0.328 bits per heavy atom. The van der Waals surface area contributed by atoms with E-state index in [-0.39, 0.29) is 31.1 Å². The molecule has 0 aromatic carbocycles. The van der Waals surface area contributed by atoms with Crippen molar-refractivity contribution in [2.75, 3.05) is 13.2 Å². The van der Waals surface area contributed by atoms with Crippen LogP contribution in [-0.2, 0) is 28.6 Å². The van der Waals surface area contributed by atoms with Crippen molar-refractivity contribution in [3.8, 4) is 0 Å². The topological polar surface area (TPSA) is 78.9 Å². The average Bonchev–Trinajstić information content (AvgIpc) is 3.26. The molecule has 0 saturated carbocycles. The summed E-state index contributed by atoms with van der Waals surface area (Å²) in [5.74, 6) is -0.881. The quantitative estimate of drug-likeness (QED) is 0.0262. The summed E-state index contributed by atoms with van der Waals surface area (Å²) < 4.78 is 16.8. The van der Waals surface area contributed by atoms with Crippen molar-refractivity contribution in [2.45, 2.75) is 284 Å². The standard InChI is InChI=1S/C55H100O6/c1-4-7-10-13-16-19-22-24-26-27-29-30-33-36-39-42-45-48-54(57)60-51-52(50-59-53(56)47-44-41-38-35-32-21-18-15-12-9-6-3)61-55(58)49-46-43-40-37-34-31-28-25-23-20-17-14-11-8-5-2/h15-16,18-19,24,26,52H,4-14,17,20-23,25,27-51H2,1-3H3/b18-15-,19-16-,26-24-/t52-/m0/s1. The van der Waals surface area contributed by atoms with Gasteiger partial charge >= 0.3 is 17.9 Å². The van der Waals surface area contributed by atoms with Gasteiger partial charge in [0.05, 0.1) is 0 Å². The summed E-state index contributed by atoms with van der Waals surface area (Å²) in [6, 6.07) is 0. The summed E-state index contributed by atoms with van der Waals surface area (Å²) in [5.41, 5.74) is 0. The molecule has 0 aliphatic rings. The van der Waals surface area contributed by atoms with Gasteiger partial charge in [0.1, 0.15) is 13.2 Å². The van der Waals surface area contributed by atoms with E-state index in [0.717, 1.165) is 77.0 Å². The number of carbonyl (C=O) groups excluding carboxylic acids is 3. The van der Waals surface area contributed by atoms with Crippen LogP contribution in [-0.4, -0.2) is 37.2 Å². The second kappa shape index (κ2) is 50.3. The molecule has 0 aromatic heterocycles. The molecule has 0 saturated heterocycles. The average molecular weight is 857 g/mol. The Morgan fingerprint density at radius 3 is 1.00 bits per heavy atom. The molecule has 1 atom stereocenters. The van der Waals surface area contributed by atoms with Crippen LogP contribution in [0.3, 0.4) is 0 Å². The first-order valence-corrected chi connectivity index (χ1v) is 26.5. The van der Waals surface area contributed by atoms with Gasteiger partial charge in [0.15, 0.2) is 6.10 Å². The maximum Gasteiger partial charge on any atom is 0.306 e. The molecule has 0 N–H and O–H groups in total. The van der Waals surface area contributed by atoms with Gasteiger partial charge in [0.25, 0.3) is 0 Å². The molecule has 0 radical (unpaired) electrons. The SMILES string of the molecule is CCCC/C=C\CCCCCCCC(=O)OC[C@@H](COC(=O)CCCCCCCCC/C=C\C/C=C\CCCCC)OC(=O)CCCCCCCCCCCCCCCCC. The maximum atomic E-state index is 12.8. The zero-order valence-corrected chi connectivity index (χ0v) is 40.7. The van der Waals surface area contributed by atoms with E-state index in [0.29, 0.717) is 19.3 Å². The van der Waals surface area contributed by atoms with Crippen LogP contribution < -0.4 is 0 Å². The molecule has 0 heterocycles. The van der Waals surface area contributed by atoms with Crippen molar-refractivity contribution in [1.29, 1.82) is 0 Å². The van der Waals surface area contributed by atoms with Crippen molar-refractivity contribution in [3.63, 3.8) is 0 Å². The van der Waals surface area contributed by atoms with Crippen LogP contribution in [0.15, 0.2) is 36.5 Å². The Kier molecular flexibility index (Phi) is 48.3. The predicted octanol–water partition coefficient (Wildman–Crippen LogP) is 17.3. The van der Waals surface area contributed by atoms with Crippen LogP contribution in [0.4, 0.5) is 0 Å². The van der Waals surface area contributed by atoms with Crippen LogP contribution in [0, 0.1) is 0 Å². The number of carbonyl (C=O) groups is 3. The first kappa shape index (κ1) is 58.6. The molecule has 0 aliphatic heterocycles. The molecule has 0 bridgehead atoms. The highest BCUT2D eigenvalue weighted by Crippen LogP contribution is 2.16. The van der Waals surface area contributed by atoms with Gasteiger partial charge in [0.2, 0.25) is 0 Å². The molecule has 0 fully saturated rings. The van der Waals surface area contributed by atoms with E-state index in [9.17, 15) is 14.4 Å². The molecule has 0 spiro atoms. The summed E-state index contributed by atoms with van der Waals surface area (Å²) in [4.78, 5) is 38.0. The highest BCUT2D eigenvalue weighted by molar-refractivity contribution is 5.71. The number of hydrogen-bond acceptors (Lipinski definition) is 6. The molecule has 0 aliphatic carbocycles. The smallest absolute Gasteiger partial charge is 0.306 e. The van der Waals surface area contributed by atoms with Gasteiger partial charge < -0.3 is 14.2 Å². The highest BCUT2D eigenvalue weighted by atomic mass is 16.6. The third-order valence-corrected chi connectivity index (χ3v) is 11.6. The fourth-order valence-electron chi connectivity index (χ4n) is 7.57. The Hall–Kier alpha value is -2.37. The lowest BCUT2D eigenvalue weighted by atomic mass is 10.0. The largest absolute Gasteiger partial charge is 0.462 e. The fraction of sp³-hybridized carbons (Fsp3) is 0.836. The van der Waals surface area contributed by atoms with Gasteiger partial charge in [-0.15, -0.1) is 0 Å². The molecule has 6 nitrogen and oxygen atoms in total. The first-order valence-electron chi connectivity index (χ1n) is 26.5. The second-order valence-electron chi connectivity index (χ2n) is 17.8. The zero-order valence-electron chi connectivity index (χ0n) is 40.7.